The predicted octanol–water partition coefficient (Wildman–Crippen LogP) is 4.56. The summed E-state index contributed by atoms with van der Waals surface area (Å²) >= 11 is 2.96. The van der Waals surface area contributed by atoms with Gasteiger partial charge in [0.25, 0.3) is 0 Å². The van der Waals surface area contributed by atoms with Crippen molar-refractivity contribution in [3.8, 4) is 0 Å². The zero-order valence-corrected chi connectivity index (χ0v) is 13.6. The molecule has 2 aromatic carbocycles. The summed E-state index contributed by atoms with van der Waals surface area (Å²) in [6, 6.07) is 11.4. The van der Waals surface area contributed by atoms with Crippen LogP contribution >= 0.6 is 23.5 Å². The topological polar surface area (TPSA) is 29.1 Å². The van der Waals surface area contributed by atoms with E-state index in [1.807, 2.05) is 30.5 Å². The summed E-state index contributed by atoms with van der Waals surface area (Å²) in [4.78, 5) is 12.9. The second-order valence-corrected chi connectivity index (χ2v) is 6.39. The first kappa shape index (κ1) is 16.8. The highest BCUT2D eigenvalue weighted by molar-refractivity contribution is 7.99. The van der Waals surface area contributed by atoms with E-state index in [9.17, 15) is 13.6 Å². The molecule has 2 aromatic rings. The van der Waals surface area contributed by atoms with Gasteiger partial charge in [-0.05, 0) is 42.2 Å². The Labute approximate surface area is 136 Å². The van der Waals surface area contributed by atoms with Crippen LogP contribution in [0.25, 0.3) is 0 Å². The van der Waals surface area contributed by atoms with Crippen molar-refractivity contribution in [1.29, 1.82) is 0 Å². The van der Waals surface area contributed by atoms with Crippen molar-refractivity contribution in [1.82, 2.24) is 0 Å². The summed E-state index contributed by atoms with van der Waals surface area (Å²) in [6.07, 6.45) is 1.97. The fourth-order valence-electron chi connectivity index (χ4n) is 1.79. The molecule has 1 amide bonds. The smallest absolute Gasteiger partial charge is 0.234 e. The van der Waals surface area contributed by atoms with Crippen molar-refractivity contribution in [3.05, 3.63) is 59.7 Å². The van der Waals surface area contributed by atoms with Gasteiger partial charge in [0, 0.05) is 16.3 Å². The SMILES string of the molecule is CSc1cccc(NC(=O)CSCc2ccc(F)c(F)c2)c1. The van der Waals surface area contributed by atoms with E-state index in [0.717, 1.165) is 22.7 Å². The standard InChI is InChI=1S/C16H15F2NOS2/c1-21-13-4-2-3-12(8-13)19-16(20)10-22-9-11-5-6-14(17)15(18)7-11/h2-8H,9-10H2,1H3,(H,19,20). The van der Waals surface area contributed by atoms with Crippen molar-refractivity contribution in [2.45, 2.75) is 10.6 Å². The Bertz CT molecular complexity index is 664. The first-order valence-electron chi connectivity index (χ1n) is 6.54. The minimum absolute atomic E-state index is 0.120. The lowest BCUT2D eigenvalue weighted by Crippen LogP contribution is -2.14. The number of amides is 1. The highest BCUT2D eigenvalue weighted by Crippen LogP contribution is 2.20. The largest absolute Gasteiger partial charge is 0.325 e. The third kappa shape index (κ3) is 5.03. The number of thioether (sulfide) groups is 2. The molecule has 22 heavy (non-hydrogen) atoms. The monoisotopic (exact) mass is 339 g/mol. The Balaban J connectivity index is 1.81. The van der Waals surface area contributed by atoms with Gasteiger partial charge >= 0.3 is 0 Å². The van der Waals surface area contributed by atoms with Crippen LogP contribution in [0.4, 0.5) is 14.5 Å². The normalized spacial score (nSPS) is 10.5. The maximum absolute atomic E-state index is 13.1. The van der Waals surface area contributed by atoms with Gasteiger partial charge in [-0.1, -0.05) is 12.1 Å². The predicted molar refractivity (Wildman–Crippen MR) is 89.4 cm³/mol. The molecule has 0 bridgehead atoms. The third-order valence-electron chi connectivity index (χ3n) is 2.84. The van der Waals surface area contributed by atoms with Gasteiger partial charge in [-0.3, -0.25) is 4.79 Å². The zero-order chi connectivity index (χ0) is 15.9. The van der Waals surface area contributed by atoms with Crippen LogP contribution in [0.1, 0.15) is 5.56 Å². The maximum Gasteiger partial charge on any atom is 0.234 e. The van der Waals surface area contributed by atoms with Crippen LogP contribution in [0.5, 0.6) is 0 Å². The summed E-state index contributed by atoms with van der Waals surface area (Å²) in [5.41, 5.74) is 1.41. The first-order chi connectivity index (χ1) is 10.6. The fourth-order valence-corrected chi connectivity index (χ4v) is 3.02. The molecule has 0 aliphatic carbocycles. The van der Waals surface area contributed by atoms with Crippen molar-refractivity contribution in [2.24, 2.45) is 0 Å². The number of carbonyl (C=O) groups is 1. The molecule has 0 aromatic heterocycles. The summed E-state index contributed by atoms with van der Waals surface area (Å²) < 4.78 is 25.9. The van der Waals surface area contributed by atoms with E-state index in [1.54, 1.807) is 11.8 Å². The molecule has 0 aliphatic rings. The van der Waals surface area contributed by atoms with Crippen molar-refractivity contribution >= 4 is 35.1 Å². The summed E-state index contributed by atoms with van der Waals surface area (Å²) in [6.45, 7) is 0. The van der Waals surface area contributed by atoms with E-state index >= 15 is 0 Å². The number of benzene rings is 2. The minimum atomic E-state index is -0.864. The van der Waals surface area contributed by atoms with Crippen LogP contribution in [0.15, 0.2) is 47.4 Å². The number of halogens is 2. The van der Waals surface area contributed by atoms with Gasteiger partial charge in [0.15, 0.2) is 11.6 Å². The van der Waals surface area contributed by atoms with E-state index < -0.39 is 11.6 Å². The lowest BCUT2D eigenvalue weighted by atomic mass is 10.2. The molecule has 0 saturated heterocycles. The number of hydrogen-bond acceptors (Lipinski definition) is 3. The molecule has 6 heteroatoms. The lowest BCUT2D eigenvalue weighted by molar-refractivity contribution is -0.113. The second kappa shape index (κ2) is 8.19. The van der Waals surface area contributed by atoms with Gasteiger partial charge in [-0.2, -0.15) is 0 Å². The Morgan fingerprint density at radius 1 is 1.14 bits per heavy atom. The highest BCUT2D eigenvalue weighted by atomic mass is 32.2. The van der Waals surface area contributed by atoms with E-state index in [4.69, 9.17) is 0 Å². The third-order valence-corrected chi connectivity index (χ3v) is 4.57. The average Bonchev–Trinajstić information content (AvgIpc) is 2.51. The van der Waals surface area contributed by atoms with E-state index in [0.29, 0.717) is 11.3 Å². The number of rotatable bonds is 6. The highest BCUT2D eigenvalue weighted by Gasteiger charge is 2.06. The average molecular weight is 339 g/mol. The Hall–Kier alpha value is -1.53. The maximum atomic E-state index is 13.1. The quantitative estimate of drug-likeness (QED) is 0.782. The van der Waals surface area contributed by atoms with E-state index in [2.05, 4.69) is 5.32 Å². The second-order valence-electron chi connectivity index (χ2n) is 4.52. The Morgan fingerprint density at radius 3 is 2.68 bits per heavy atom. The Morgan fingerprint density at radius 2 is 1.95 bits per heavy atom. The molecule has 0 spiro atoms. The van der Waals surface area contributed by atoms with Gasteiger partial charge in [-0.15, -0.1) is 23.5 Å². The van der Waals surface area contributed by atoms with Gasteiger partial charge < -0.3 is 5.32 Å². The van der Waals surface area contributed by atoms with Crippen LogP contribution in [-0.2, 0) is 10.5 Å². The van der Waals surface area contributed by atoms with E-state index in [-0.39, 0.29) is 11.7 Å². The molecule has 1 N–H and O–H groups in total. The molecule has 0 aliphatic heterocycles. The van der Waals surface area contributed by atoms with Crippen LogP contribution in [0, 0.1) is 11.6 Å². The van der Waals surface area contributed by atoms with Crippen molar-refractivity contribution < 1.29 is 13.6 Å². The zero-order valence-electron chi connectivity index (χ0n) is 11.9. The minimum Gasteiger partial charge on any atom is -0.325 e. The molecule has 2 nitrogen and oxygen atoms in total. The molecule has 2 rings (SSSR count). The number of hydrogen-bond donors (Lipinski definition) is 1. The van der Waals surface area contributed by atoms with Crippen LogP contribution in [0.3, 0.4) is 0 Å². The van der Waals surface area contributed by atoms with Crippen LogP contribution in [0.2, 0.25) is 0 Å². The van der Waals surface area contributed by atoms with Crippen molar-refractivity contribution in [3.63, 3.8) is 0 Å². The van der Waals surface area contributed by atoms with Crippen molar-refractivity contribution in [2.75, 3.05) is 17.3 Å². The van der Waals surface area contributed by atoms with Gasteiger partial charge in [0.05, 0.1) is 5.75 Å². The summed E-state index contributed by atoms with van der Waals surface area (Å²) in [5, 5.41) is 2.82. The summed E-state index contributed by atoms with van der Waals surface area (Å²) in [5.74, 6) is -1.14. The molecule has 0 atom stereocenters. The molecule has 0 unspecified atom stereocenters. The van der Waals surface area contributed by atoms with Crippen LogP contribution < -0.4 is 5.32 Å². The van der Waals surface area contributed by atoms with Gasteiger partial charge in [-0.25, -0.2) is 8.78 Å². The molecule has 0 fully saturated rings. The molecule has 0 heterocycles. The van der Waals surface area contributed by atoms with Gasteiger partial charge in [0.2, 0.25) is 5.91 Å². The van der Waals surface area contributed by atoms with Crippen LogP contribution in [-0.4, -0.2) is 17.9 Å². The molecular formula is C16H15F2NOS2. The number of carbonyl (C=O) groups excluding carboxylic acids is 1. The lowest BCUT2D eigenvalue weighted by Gasteiger charge is -2.07. The van der Waals surface area contributed by atoms with E-state index in [1.165, 1.54) is 17.8 Å². The summed E-state index contributed by atoms with van der Waals surface area (Å²) in [7, 11) is 0. The van der Waals surface area contributed by atoms with Gasteiger partial charge in [0.1, 0.15) is 0 Å². The number of nitrogens with one attached hydrogen (secondary N) is 1. The fraction of sp³-hybridized carbons (Fsp3) is 0.188. The molecule has 0 radical (unpaired) electrons. The first-order valence-corrected chi connectivity index (χ1v) is 8.92. The molecular weight excluding hydrogens is 324 g/mol. The molecule has 116 valence electrons. The molecule has 0 saturated carbocycles. The Kier molecular flexibility index (Phi) is 6.27. The number of anilines is 1.